The van der Waals surface area contributed by atoms with E-state index in [0.29, 0.717) is 6.42 Å². The molecular formula is C9H13NO2S2. The van der Waals surface area contributed by atoms with Gasteiger partial charge in [-0.1, -0.05) is 0 Å². The summed E-state index contributed by atoms with van der Waals surface area (Å²) in [6, 6.07) is 1.36. The van der Waals surface area contributed by atoms with Crippen LogP contribution in [0.5, 0.6) is 0 Å². The number of thiophene rings is 1. The van der Waals surface area contributed by atoms with Gasteiger partial charge in [0.1, 0.15) is 6.04 Å². The highest BCUT2D eigenvalue weighted by Crippen LogP contribution is 2.15. The van der Waals surface area contributed by atoms with Crippen LogP contribution in [0.25, 0.3) is 0 Å². The van der Waals surface area contributed by atoms with Crippen LogP contribution in [0.1, 0.15) is 12.0 Å². The molecule has 0 aliphatic rings. The second-order valence-corrected chi connectivity index (χ2v) is 4.80. The van der Waals surface area contributed by atoms with Gasteiger partial charge >= 0.3 is 5.97 Å². The molecule has 0 saturated carbocycles. The summed E-state index contributed by atoms with van der Waals surface area (Å²) in [7, 11) is 0. The van der Waals surface area contributed by atoms with Gasteiger partial charge in [0.15, 0.2) is 0 Å². The Hall–Kier alpha value is -0.520. The van der Waals surface area contributed by atoms with Crippen molar-refractivity contribution in [3.63, 3.8) is 0 Å². The number of hydrogen-bond acceptors (Lipinski definition) is 4. The predicted octanol–water partition coefficient (Wildman–Crippen LogP) is 1.78. The van der Waals surface area contributed by atoms with Crippen molar-refractivity contribution in [2.45, 2.75) is 18.2 Å². The van der Waals surface area contributed by atoms with Crippen molar-refractivity contribution >= 4 is 29.1 Å². The second kappa shape index (κ2) is 6.06. The Bertz CT molecular complexity index is 274. The van der Waals surface area contributed by atoms with E-state index >= 15 is 0 Å². The van der Waals surface area contributed by atoms with Gasteiger partial charge in [0.05, 0.1) is 0 Å². The van der Waals surface area contributed by atoms with E-state index in [1.54, 1.807) is 23.1 Å². The largest absolute Gasteiger partial charge is 0.480 e. The minimum atomic E-state index is -0.916. The Morgan fingerprint density at radius 3 is 3.07 bits per heavy atom. The Morgan fingerprint density at radius 2 is 2.50 bits per heavy atom. The number of rotatable bonds is 6. The van der Waals surface area contributed by atoms with Crippen LogP contribution in [-0.2, 0) is 10.5 Å². The van der Waals surface area contributed by atoms with Crippen molar-refractivity contribution in [3.05, 3.63) is 22.4 Å². The van der Waals surface area contributed by atoms with Crippen LogP contribution in [0, 0.1) is 0 Å². The van der Waals surface area contributed by atoms with Crippen LogP contribution >= 0.6 is 23.1 Å². The molecule has 1 aromatic rings. The molecule has 1 atom stereocenters. The number of aliphatic carboxylic acids is 1. The Morgan fingerprint density at radius 1 is 1.71 bits per heavy atom. The standard InChI is InChI=1S/C9H13NO2S2/c10-8(9(11)12)2-4-14-6-7-1-3-13-5-7/h1,3,5,8H,2,4,6,10H2,(H,11,12). The van der Waals surface area contributed by atoms with Crippen LogP contribution in [0.3, 0.4) is 0 Å². The first-order chi connectivity index (χ1) is 6.70. The van der Waals surface area contributed by atoms with Crippen molar-refractivity contribution in [3.8, 4) is 0 Å². The molecule has 0 bridgehead atoms. The highest BCUT2D eigenvalue weighted by molar-refractivity contribution is 7.98. The summed E-state index contributed by atoms with van der Waals surface area (Å²) >= 11 is 3.40. The van der Waals surface area contributed by atoms with E-state index in [0.717, 1.165) is 11.5 Å². The van der Waals surface area contributed by atoms with Gasteiger partial charge in [0.25, 0.3) is 0 Å². The Labute approximate surface area is 91.3 Å². The molecule has 0 saturated heterocycles. The number of carbonyl (C=O) groups is 1. The fraction of sp³-hybridized carbons (Fsp3) is 0.444. The van der Waals surface area contributed by atoms with Gasteiger partial charge < -0.3 is 10.8 Å². The molecule has 1 rings (SSSR count). The molecule has 0 radical (unpaired) electrons. The lowest BCUT2D eigenvalue weighted by molar-refractivity contribution is -0.138. The highest BCUT2D eigenvalue weighted by Gasteiger charge is 2.10. The maximum absolute atomic E-state index is 10.4. The quantitative estimate of drug-likeness (QED) is 0.733. The second-order valence-electron chi connectivity index (χ2n) is 2.92. The lowest BCUT2D eigenvalue weighted by Gasteiger charge is -2.04. The number of thioether (sulfide) groups is 1. The molecule has 3 nitrogen and oxygen atoms in total. The molecule has 78 valence electrons. The minimum absolute atomic E-state index is 0.532. The molecule has 3 N–H and O–H groups in total. The van der Waals surface area contributed by atoms with Crippen LogP contribution in [-0.4, -0.2) is 22.9 Å². The fourth-order valence-electron chi connectivity index (χ4n) is 0.899. The average molecular weight is 231 g/mol. The van der Waals surface area contributed by atoms with Gasteiger partial charge in [-0.15, -0.1) is 0 Å². The summed E-state index contributed by atoms with van der Waals surface area (Å²) in [4.78, 5) is 10.4. The first kappa shape index (κ1) is 11.6. The molecule has 0 spiro atoms. The van der Waals surface area contributed by atoms with E-state index in [-0.39, 0.29) is 0 Å². The number of carboxylic acid groups (broad SMARTS) is 1. The van der Waals surface area contributed by atoms with E-state index in [1.165, 1.54) is 5.56 Å². The maximum atomic E-state index is 10.4. The zero-order valence-electron chi connectivity index (χ0n) is 7.68. The smallest absolute Gasteiger partial charge is 0.320 e. The molecule has 0 fully saturated rings. The van der Waals surface area contributed by atoms with Gasteiger partial charge in [-0.25, -0.2) is 0 Å². The van der Waals surface area contributed by atoms with Gasteiger partial charge in [-0.05, 0) is 34.6 Å². The van der Waals surface area contributed by atoms with Crippen LogP contribution in [0.4, 0.5) is 0 Å². The summed E-state index contributed by atoms with van der Waals surface area (Å²) < 4.78 is 0. The summed E-state index contributed by atoms with van der Waals surface area (Å²) in [5.41, 5.74) is 6.66. The molecular weight excluding hydrogens is 218 g/mol. The lowest BCUT2D eigenvalue weighted by Crippen LogP contribution is -2.30. The van der Waals surface area contributed by atoms with E-state index < -0.39 is 12.0 Å². The van der Waals surface area contributed by atoms with E-state index in [1.807, 2.05) is 5.38 Å². The summed E-state index contributed by atoms with van der Waals surface area (Å²) in [6.45, 7) is 0. The average Bonchev–Trinajstić information content (AvgIpc) is 2.64. The first-order valence-electron chi connectivity index (χ1n) is 4.27. The molecule has 0 amide bonds. The molecule has 1 heterocycles. The molecule has 1 aromatic heterocycles. The van der Waals surface area contributed by atoms with Gasteiger partial charge in [0, 0.05) is 5.75 Å². The third-order valence-electron chi connectivity index (χ3n) is 1.74. The first-order valence-corrected chi connectivity index (χ1v) is 6.37. The Balaban J connectivity index is 2.08. The van der Waals surface area contributed by atoms with Crippen LogP contribution in [0.2, 0.25) is 0 Å². The zero-order chi connectivity index (χ0) is 10.4. The van der Waals surface area contributed by atoms with Crippen molar-refractivity contribution in [1.82, 2.24) is 0 Å². The number of hydrogen-bond donors (Lipinski definition) is 2. The van der Waals surface area contributed by atoms with Crippen LogP contribution in [0.15, 0.2) is 16.8 Å². The molecule has 5 heteroatoms. The van der Waals surface area contributed by atoms with Crippen LogP contribution < -0.4 is 5.73 Å². The van der Waals surface area contributed by atoms with E-state index in [4.69, 9.17) is 10.8 Å². The van der Waals surface area contributed by atoms with Gasteiger partial charge in [-0.3, -0.25) is 4.79 Å². The predicted molar refractivity (Wildman–Crippen MR) is 60.7 cm³/mol. The molecule has 14 heavy (non-hydrogen) atoms. The van der Waals surface area contributed by atoms with Gasteiger partial charge in [-0.2, -0.15) is 23.1 Å². The SMILES string of the molecule is NC(CCSCc1ccsc1)C(=O)O. The third-order valence-corrected chi connectivity index (χ3v) is 3.53. The normalized spacial score (nSPS) is 12.6. The number of nitrogens with two attached hydrogens (primary N) is 1. The highest BCUT2D eigenvalue weighted by atomic mass is 32.2. The Kier molecular flexibility index (Phi) is 5.00. The van der Waals surface area contributed by atoms with Crippen molar-refractivity contribution in [1.29, 1.82) is 0 Å². The summed E-state index contributed by atoms with van der Waals surface area (Å²) in [6.07, 6.45) is 0.532. The van der Waals surface area contributed by atoms with Crippen molar-refractivity contribution in [2.24, 2.45) is 5.73 Å². The van der Waals surface area contributed by atoms with Crippen molar-refractivity contribution < 1.29 is 9.90 Å². The minimum Gasteiger partial charge on any atom is -0.480 e. The molecule has 0 aliphatic carbocycles. The maximum Gasteiger partial charge on any atom is 0.320 e. The number of carboxylic acids is 1. The monoisotopic (exact) mass is 231 g/mol. The molecule has 1 unspecified atom stereocenters. The van der Waals surface area contributed by atoms with E-state index in [9.17, 15) is 4.79 Å². The molecule has 0 aliphatic heterocycles. The summed E-state index contributed by atoms with van der Waals surface area (Å²) in [5.74, 6) is 0.820. The fourth-order valence-corrected chi connectivity index (χ4v) is 2.65. The summed E-state index contributed by atoms with van der Waals surface area (Å²) in [5, 5.41) is 12.7. The third kappa shape index (κ3) is 4.13. The molecule has 0 aromatic carbocycles. The van der Waals surface area contributed by atoms with Crippen molar-refractivity contribution in [2.75, 3.05) is 5.75 Å². The van der Waals surface area contributed by atoms with E-state index in [2.05, 4.69) is 11.4 Å². The van der Waals surface area contributed by atoms with Gasteiger partial charge in [0.2, 0.25) is 0 Å². The zero-order valence-corrected chi connectivity index (χ0v) is 9.31. The lowest BCUT2D eigenvalue weighted by atomic mass is 10.2. The topological polar surface area (TPSA) is 63.3 Å².